The second-order valence-corrected chi connectivity index (χ2v) is 7.63. The number of methoxy groups -OCH3 is 1. The van der Waals surface area contributed by atoms with Gasteiger partial charge in [-0.1, -0.05) is 19.9 Å². The number of hydrogen-bond donors (Lipinski definition) is 0. The van der Waals surface area contributed by atoms with Crippen LogP contribution in [0.15, 0.2) is 24.3 Å². The van der Waals surface area contributed by atoms with Crippen LogP contribution in [0.4, 0.5) is 0 Å². The van der Waals surface area contributed by atoms with Gasteiger partial charge in [-0.2, -0.15) is 0 Å². The predicted molar refractivity (Wildman–Crippen MR) is 81.1 cm³/mol. The zero-order valence-corrected chi connectivity index (χ0v) is 13.6. The van der Waals surface area contributed by atoms with E-state index in [1.54, 1.807) is 13.2 Å². The van der Waals surface area contributed by atoms with E-state index in [4.69, 9.17) is 20.2 Å². The van der Waals surface area contributed by atoms with E-state index in [1.165, 1.54) is 0 Å². The molecule has 1 aromatic rings. The summed E-state index contributed by atoms with van der Waals surface area (Å²) >= 11 is 0. The van der Waals surface area contributed by atoms with Crippen LogP contribution >= 0.6 is 10.7 Å². The highest BCUT2D eigenvalue weighted by Crippen LogP contribution is 2.31. The minimum atomic E-state index is -3.56. The Hall–Kier alpha value is -0.940. The lowest BCUT2D eigenvalue weighted by molar-refractivity contribution is 0.154. The Kier molecular flexibility index (Phi) is 6.14. The van der Waals surface area contributed by atoms with Crippen molar-refractivity contribution >= 4 is 19.7 Å². The molecule has 0 atom stereocenters. The molecule has 4 nitrogen and oxygen atoms in total. The predicted octanol–water partition coefficient (Wildman–Crippen LogP) is 3.45. The fourth-order valence-corrected chi connectivity index (χ4v) is 3.91. The number of benzene rings is 1. The van der Waals surface area contributed by atoms with E-state index in [0.29, 0.717) is 30.9 Å². The molecule has 0 spiro atoms. The normalized spacial score (nSPS) is 12.2. The Balaban J connectivity index is 2.81. The van der Waals surface area contributed by atoms with Crippen molar-refractivity contribution in [3.05, 3.63) is 24.3 Å². The van der Waals surface area contributed by atoms with Gasteiger partial charge in [-0.25, -0.2) is 8.42 Å². The van der Waals surface area contributed by atoms with Gasteiger partial charge in [0.2, 0.25) is 9.05 Å². The van der Waals surface area contributed by atoms with Gasteiger partial charge in [-0.05, 0) is 25.0 Å². The Bertz CT molecular complexity index is 524. The molecule has 1 aromatic carbocycles. The monoisotopic (exact) mass is 320 g/mol. The van der Waals surface area contributed by atoms with Gasteiger partial charge < -0.3 is 9.47 Å². The highest BCUT2D eigenvalue weighted by molar-refractivity contribution is 8.13. The largest absolute Gasteiger partial charge is 0.497 e. The van der Waals surface area contributed by atoms with Gasteiger partial charge in [-0.15, -0.1) is 0 Å². The van der Waals surface area contributed by atoms with Crippen LogP contribution in [0.1, 0.15) is 26.7 Å². The molecule has 0 bridgehead atoms. The molecule has 20 heavy (non-hydrogen) atoms. The third-order valence-electron chi connectivity index (χ3n) is 3.56. The maximum Gasteiger partial charge on any atom is 0.233 e. The molecular weight excluding hydrogens is 300 g/mol. The van der Waals surface area contributed by atoms with Crippen LogP contribution < -0.4 is 9.47 Å². The Labute approximate surface area is 125 Å². The first-order valence-corrected chi connectivity index (χ1v) is 9.01. The summed E-state index contributed by atoms with van der Waals surface area (Å²) in [5.74, 6) is 1.27. The molecule has 0 saturated heterocycles. The standard InChI is InChI=1S/C14H21ClO4S/c1-4-14(5-2,11-20(15,16)17)10-19-13-8-6-7-12(9-13)18-3/h6-9H,4-5,10-11H2,1-3H3. The van der Waals surface area contributed by atoms with Crippen LogP contribution in [-0.4, -0.2) is 27.9 Å². The summed E-state index contributed by atoms with van der Waals surface area (Å²) in [7, 11) is 3.43. The molecule has 0 aromatic heterocycles. The molecule has 0 aliphatic heterocycles. The van der Waals surface area contributed by atoms with Gasteiger partial charge in [0.05, 0.1) is 19.5 Å². The van der Waals surface area contributed by atoms with Gasteiger partial charge in [0.1, 0.15) is 11.5 Å². The van der Waals surface area contributed by atoms with E-state index in [-0.39, 0.29) is 5.75 Å². The number of hydrogen-bond acceptors (Lipinski definition) is 4. The highest BCUT2D eigenvalue weighted by Gasteiger charge is 2.32. The lowest BCUT2D eigenvalue weighted by Gasteiger charge is -2.30. The molecular formula is C14H21ClO4S. The maximum absolute atomic E-state index is 11.4. The van der Waals surface area contributed by atoms with Crippen molar-refractivity contribution in [3.63, 3.8) is 0 Å². The molecule has 0 radical (unpaired) electrons. The number of ether oxygens (including phenoxy) is 2. The number of rotatable bonds is 8. The molecule has 0 saturated carbocycles. The van der Waals surface area contributed by atoms with Crippen molar-refractivity contribution in [2.75, 3.05) is 19.5 Å². The van der Waals surface area contributed by atoms with E-state index in [1.807, 2.05) is 32.0 Å². The van der Waals surface area contributed by atoms with Gasteiger partial charge in [0.15, 0.2) is 0 Å². The molecule has 0 unspecified atom stereocenters. The lowest BCUT2D eigenvalue weighted by Crippen LogP contribution is -2.33. The maximum atomic E-state index is 11.4. The van der Waals surface area contributed by atoms with E-state index < -0.39 is 14.5 Å². The van der Waals surface area contributed by atoms with Gasteiger partial charge in [-0.3, -0.25) is 0 Å². The summed E-state index contributed by atoms with van der Waals surface area (Å²) in [6, 6.07) is 7.23. The third kappa shape index (κ3) is 5.21. The summed E-state index contributed by atoms with van der Waals surface area (Å²) in [6.45, 7) is 4.19. The molecule has 0 fully saturated rings. The van der Waals surface area contributed by atoms with Crippen LogP contribution in [0, 0.1) is 5.41 Å². The van der Waals surface area contributed by atoms with Crippen molar-refractivity contribution in [1.29, 1.82) is 0 Å². The molecule has 0 aliphatic carbocycles. The fourth-order valence-electron chi connectivity index (χ4n) is 1.99. The first-order valence-electron chi connectivity index (χ1n) is 6.53. The minimum absolute atomic E-state index is 0.0848. The second-order valence-electron chi connectivity index (χ2n) is 4.86. The second kappa shape index (κ2) is 7.18. The van der Waals surface area contributed by atoms with Gasteiger partial charge >= 0.3 is 0 Å². The minimum Gasteiger partial charge on any atom is -0.497 e. The first kappa shape index (κ1) is 17.1. The van der Waals surface area contributed by atoms with Crippen LogP contribution in [-0.2, 0) is 9.05 Å². The van der Waals surface area contributed by atoms with Crippen molar-refractivity contribution in [2.24, 2.45) is 5.41 Å². The summed E-state index contributed by atoms with van der Waals surface area (Å²) in [5.41, 5.74) is -0.469. The lowest BCUT2D eigenvalue weighted by atomic mass is 9.85. The SMILES string of the molecule is CCC(CC)(COc1cccc(OC)c1)CS(=O)(=O)Cl. The molecule has 114 valence electrons. The van der Waals surface area contributed by atoms with Gasteiger partial charge in [0, 0.05) is 22.2 Å². The summed E-state index contributed by atoms with van der Waals surface area (Å²) in [5, 5.41) is 0. The van der Waals surface area contributed by atoms with Crippen molar-refractivity contribution in [1.82, 2.24) is 0 Å². The van der Waals surface area contributed by atoms with Crippen LogP contribution in [0.2, 0.25) is 0 Å². The quantitative estimate of drug-likeness (QED) is 0.688. The first-order chi connectivity index (χ1) is 9.34. The Morgan fingerprint density at radius 2 is 1.80 bits per heavy atom. The topological polar surface area (TPSA) is 52.6 Å². The number of halogens is 1. The zero-order chi connectivity index (χ0) is 15.2. The summed E-state index contributed by atoms with van der Waals surface area (Å²) < 4.78 is 33.6. The zero-order valence-electron chi connectivity index (χ0n) is 12.1. The van der Waals surface area contributed by atoms with Gasteiger partial charge in [0.25, 0.3) is 0 Å². The van der Waals surface area contributed by atoms with E-state index in [0.717, 1.165) is 0 Å². The summed E-state index contributed by atoms with van der Waals surface area (Å²) in [4.78, 5) is 0. The van der Waals surface area contributed by atoms with E-state index >= 15 is 0 Å². The smallest absolute Gasteiger partial charge is 0.233 e. The van der Waals surface area contributed by atoms with E-state index in [9.17, 15) is 8.42 Å². The average Bonchev–Trinajstić information content (AvgIpc) is 2.42. The third-order valence-corrected chi connectivity index (χ3v) is 4.85. The molecule has 0 aliphatic rings. The fraction of sp³-hybridized carbons (Fsp3) is 0.571. The molecule has 0 heterocycles. The Morgan fingerprint density at radius 3 is 2.30 bits per heavy atom. The average molecular weight is 321 g/mol. The molecule has 1 rings (SSSR count). The molecule has 0 N–H and O–H groups in total. The summed E-state index contributed by atoms with van der Waals surface area (Å²) in [6.07, 6.45) is 1.36. The van der Waals surface area contributed by atoms with E-state index in [2.05, 4.69) is 0 Å². The van der Waals surface area contributed by atoms with Crippen LogP contribution in [0.3, 0.4) is 0 Å². The van der Waals surface area contributed by atoms with Crippen LogP contribution in [0.25, 0.3) is 0 Å². The highest BCUT2D eigenvalue weighted by atomic mass is 35.7. The van der Waals surface area contributed by atoms with Crippen molar-refractivity contribution in [3.8, 4) is 11.5 Å². The molecule has 6 heteroatoms. The van der Waals surface area contributed by atoms with Crippen LogP contribution in [0.5, 0.6) is 11.5 Å². The van der Waals surface area contributed by atoms with Crippen molar-refractivity contribution < 1.29 is 17.9 Å². The molecule has 0 amide bonds. The Morgan fingerprint density at radius 1 is 1.20 bits per heavy atom. The van der Waals surface area contributed by atoms with Crippen molar-refractivity contribution in [2.45, 2.75) is 26.7 Å².